The predicted octanol–water partition coefficient (Wildman–Crippen LogP) is 3.23. The molecule has 0 aliphatic carbocycles. The molecule has 0 unspecified atom stereocenters. The molecule has 0 saturated carbocycles. The van der Waals surface area contributed by atoms with Gasteiger partial charge in [0.2, 0.25) is 0 Å². The Hall–Kier alpha value is -2.50. The van der Waals surface area contributed by atoms with Crippen molar-refractivity contribution >= 4 is 17.5 Å². The molecule has 0 aromatic heterocycles. The summed E-state index contributed by atoms with van der Waals surface area (Å²) in [5.74, 6) is 0.590. The van der Waals surface area contributed by atoms with Gasteiger partial charge in [-0.2, -0.15) is 0 Å². The van der Waals surface area contributed by atoms with Crippen LogP contribution in [0, 0.1) is 0 Å². The second kappa shape index (κ2) is 8.55. The lowest BCUT2D eigenvalue weighted by Crippen LogP contribution is -2.29. The monoisotopic (exact) mass is 346 g/mol. The van der Waals surface area contributed by atoms with Gasteiger partial charge in [0.05, 0.1) is 25.5 Å². The fraction of sp³-hybridized carbons (Fsp3) is 0.474. The number of likely N-dealkylation sites (tertiary alicyclic amines) is 1. The van der Waals surface area contributed by atoms with Crippen LogP contribution in [0.5, 0.6) is 11.5 Å². The molecule has 2 amide bonds. The maximum Gasteiger partial charge on any atom is 0.256 e. The first-order valence-corrected chi connectivity index (χ1v) is 8.55. The number of amides is 2. The summed E-state index contributed by atoms with van der Waals surface area (Å²) in [5, 5.41) is 2.84. The molecule has 1 aromatic carbocycles. The highest BCUT2D eigenvalue weighted by Gasteiger charge is 2.25. The number of ether oxygens (including phenoxy) is 2. The van der Waals surface area contributed by atoms with Crippen LogP contribution in [-0.4, -0.2) is 44.0 Å². The van der Waals surface area contributed by atoms with Gasteiger partial charge in [0.1, 0.15) is 0 Å². The summed E-state index contributed by atoms with van der Waals surface area (Å²) in [6.45, 7) is 5.18. The number of allylic oxidation sites excluding steroid dienone is 1. The SMILES string of the molecule is CC/C=C(\C)C(=O)Nc1cc(OC)c(OC)cc1C(=O)N1CCCC1. The fourth-order valence-electron chi connectivity index (χ4n) is 2.87. The third-order valence-corrected chi connectivity index (χ3v) is 4.26. The molecule has 136 valence electrons. The Morgan fingerprint density at radius 3 is 2.32 bits per heavy atom. The summed E-state index contributed by atoms with van der Waals surface area (Å²) in [7, 11) is 3.04. The smallest absolute Gasteiger partial charge is 0.256 e. The van der Waals surface area contributed by atoms with Crippen LogP contribution in [0.2, 0.25) is 0 Å². The van der Waals surface area contributed by atoms with E-state index >= 15 is 0 Å². The first kappa shape index (κ1) is 18.8. The number of nitrogens with one attached hydrogen (secondary N) is 1. The molecule has 25 heavy (non-hydrogen) atoms. The number of hydrogen-bond acceptors (Lipinski definition) is 4. The van der Waals surface area contributed by atoms with E-state index in [1.807, 2.05) is 13.0 Å². The van der Waals surface area contributed by atoms with Crippen LogP contribution in [-0.2, 0) is 4.79 Å². The van der Waals surface area contributed by atoms with Gasteiger partial charge in [0.15, 0.2) is 11.5 Å². The van der Waals surface area contributed by atoms with E-state index in [1.54, 1.807) is 24.0 Å². The second-order valence-corrected chi connectivity index (χ2v) is 6.00. The number of hydrogen-bond donors (Lipinski definition) is 1. The largest absolute Gasteiger partial charge is 0.493 e. The van der Waals surface area contributed by atoms with Gasteiger partial charge < -0.3 is 19.7 Å². The van der Waals surface area contributed by atoms with Gasteiger partial charge in [-0.3, -0.25) is 9.59 Å². The third-order valence-electron chi connectivity index (χ3n) is 4.26. The first-order valence-electron chi connectivity index (χ1n) is 8.55. The van der Waals surface area contributed by atoms with Crippen LogP contribution in [0.1, 0.15) is 43.5 Å². The molecule has 0 radical (unpaired) electrons. The minimum Gasteiger partial charge on any atom is -0.493 e. The number of rotatable bonds is 6. The number of carbonyl (C=O) groups is 2. The minimum absolute atomic E-state index is 0.106. The van der Waals surface area contributed by atoms with Crippen molar-refractivity contribution in [2.24, 2.45) is 0 Å². The van der Waals surface area contributed by atoms with Crippen molar-refractivity contribution < 1.29 is 19.1 Å². The molecule has 6 heteroatoms. The summed E-state index contributed by atoms with van der Waals surface area (Å²) in [5.41, 5.74) is 1.46. The fourth-order valence-corrected chi connectivity index (χ4v) is 2.87. The molecular weight excluding hydrogens is 320 g/mol. The highest BCUT2D eigenvalue weighted by atomic mass is 16.5. The summed E-state index contributed by atoms with van der Waals surface area (Å²) in [6.07, 6.45) is 4.61. The van der Waals surface area contributed by atoms with E-state index < -0.39 is 0 Å². The number of methoxy groups -OCH3 is 2. The van der Waals surface area contributed by atoms with Crippen LogP contribution in [0.25, 0.3) is 0 Å². The molecule has 0 atom stereocenters. The Bertz CT molecular complexity index is 676. The van der Waals surface area contributed by atoms with Crippen molar-refractivity contribution in [3.05, 3.63) is 29.3 Å². The van der Waals surface area contributed by atoms with E-state index in [1.165, 1.54) is 14.2 Å². The average Bonchev–Trinajstić information content (AvgIpc) is 3.15. The number of nitrogens with zero attached hydrogens (tertiary/aromatic N) is 1. The van der Waals surface area contributed by atoms with Crippen molar-refractivity contribution in [2.45, 2.75) is 33.1 Å². The summed E-state index contributed by atoms with van der Waals surface area (Å²) < 4.78 is 10.6. The maximum absolute atomic E-state index is 12.9. The summed E-state index contributed by atoms with van der Waals surface area (Å²) >= 11 is 0. The highest BCUT2D eigenvalue weighted by molar-refractivity contribution is 6.09. The van der Waals surface area contributed by atoms with E-state index in [2.05, 4.69) is 5.32 Å². The molecule has 0 bridgehead atoms. The Balaban J connectivity index is 2.42. The van der Waals surface area contributed by atoms with Gasteiger partial charge in [0, 0.05) is 24.7 Å². The van der Waals surface area contributed by atoms with E-state index in [0.717, 1.165) is 32.4 Å². The molecule has 1 aromatic rings. The molecule has 1 fully saturated rings. The van der Waals surface area contributed by atoms with E-state index in [4.69, 9.17) is 9.47 Å². The van der Waals surface area contributed by atoms with Crippen LogP contribution in [0.4, 0.5) is 5.69 Å². The molecule has 1 aliphatic rings. The van der Waals surface area contributed by atoms with Gasteiger partial charge in [-0.25, -0.2) is 0 Å². The first-order chi connectivity index (χ1) is 12.0. The van der Waals surface area contributed by atoms with Crippen LogP contribution in [0.15, 0.2) is 23.8 Å². The lowest BCUT2D eigenvalue weighted by Gasteiger charge is -2.20. The van der Waals surface area contributed by atoms with Gasteiger partial charge in [-0.15, -0.1) is 0 Å². The molecule has 1 heterocycles. The molecule has 6 nitrogen and oxygen atoms in total. The number of anilines is 1. The minimum atomic E-state index is -0.232. The van der Waals surface area contributed by atoms with E-state index in [-0.39, 0.29) is 11.8 Å². The van der Waals surface area contributed by atoms with E-state index in [0.29, 0.717) is 28.3 Å². The normalized spacial score (nSPS) is 14.4. The van der Waals surface area contributed by atoms with Crippen molar-refractivity contribution in [3.63, 3.8) is 0 Å². The zero-order valence-electron chi connectivity index (χ0n) is 15.3. The molecule has 2 rings (SSSR count). The van der Waals surface area contributed by atoms with Crippen LogP contribution in [0.3, 0.4) is 0 Å². The number of carbonyl (C=O) groups excluding carboxylic acids is 2. The van der Waals surface area contributed by atoms with Crippen molar-refractivity contribution in [1.29, 1.82) is 0 Å². The third kappa shape index (κ3) is 4.32. The lowest BCUT2D eigenvalue weighted by atomic mass is 10.1. The van der Waals surface area contributed by atoms with Gasteiger partial charge in [-0.05, 0) is 32.3 Å². The molecule has 0 spiro atoms. The zero-order valence-corrected chi connectivity index (χ0v) is 15.3. The average molecular weight is 346 g/mol. The topological polar surface area (TPSA) is 67.9 Å². The molecular formula is C19H26N2O4. The lowest BCUT2D eigenvalue weighted by molar-refractivity contribution is -0.112. The zero-order chi connectivity index (χ0) is 18.4. The van der Waals surface area contributed by atoms with Gasteiger partial charge in [-0.1, -0.05) is 13.0 Å². The van der Waals surface area contributed by atoms with Crippen molar-refractivity contribution in [1.82, 2.24) is 4.90 Å². The van der Waals surface area contributed by atoms with Crippen LogP contribution < -0.4 is 14.8 Å². The van der Waals surface area contributed by atoms with Gasteiger partial charge in [0.25, 0.3) is 11.8 Å². The van der Waals surface area contributed by atoms with Crippen molar-refractivity contribution in [2.75, 3.05) is 32.6 Å². The maximum atomic E-state index is 12.9. The van der Waals surface area contributed by atoms with Gasteiger partial charge >= 0.3 is 0 Å². The quantitative estimate of drug-likeness (QED) is 0.803. The Morgan fingerprint density at radius 2 is 1.76 bits per heavy atom. The molecule has 1 saturated heterocycles. The summed E-state index contributed by atoms with van der Waals surface area (Å²) in [4.78, 5) is 27.0. The molecule has 1 N–H and O–H groups in total. The number of benzene rings is 1. The highest BCUT2D eigenvalue weighted by Crippen LogP contribution is 2.34. The summed E-state index contributed by atoms with van der Waals surface area (Å²) in [6, 6.07) is 3.27. The second-order valence-electron chi connectivity index (χ2n) is 6.00. The standard InChI is InChI=1S/C19H26N2O4/c1-5-8-13(2)18(22)20-15-12-17(25-4)16(24-3)11-14(15)19(23)21-9-6-7-10-21/h8,11-12H,5-7,9-10H2,1-4H3,(H,20,22)/b13-8+. The predicted molar refractivity (Wildman–Crippen MR) is 97.4 cm³/mol. The Labute approximate surface area is 148 Å². The van der Waals surface area contributed by atoms with Crippen molar-refractivity contribution in [3.8, 4) is 11.5 Å². The van der Waals surface area contributed by atoms with E-state index in [9.17, 15) is 9.59 Å². The Kier molecular flexibility index (Phi) is 6.44. The van der Waals surface area contributed by atoms with Crippen LogP contribution >= 0.6 is 0 Å². The molecule has 1 aliphatic heterocycles. The Morgan fingerprint density at radius 1 is 1.16 bits per heavy atom.